The quantitative estimate of drug-likeness (QED) is 0.162. The van der Waals surface area contributed by atoms with Gasteiger partial charge < -0.3 is 23.3 Å². The van der Waals surface area contributed by atoms with Crippen LogP contribution in [-0.2, 0) is 29.8 Å². The molecule has 0 saturated carbocycles. The van der Waals surface area contributed by atoms with Crippen molar-refractivity contribution in [2.24, 2.45) is 5.92 Å². The van der Waals surface area contributed by atoms with Gasteiger partial charge in [0.15, 0.2) is 17.1 Å². The number of aromatic nitrogens is 5. The monoisotopic (exact) mass is 698 g/mol. The summed E-state index contributed by atoms with van der Waals surface area (Å²) < 4.78 is 78.8. The summed E-state index contributed by atoms with van der Waals surface area (Å²) in [7, 11) is 0. The number of benzene rings is 2. The summed E-state index contributed by atoms with van der Waals surface area (Å²) in [5.41, 5.74) is 2.75. The Hall–Kier alpha value is -4.27. The molecule has 2 fully saturated rings. The van der Waals surface area contributed by atoms with E-state index in [4.69, 9.17) is 30.8 Å². The third-order valence-electron chi connectivity index (χ3n) is 9.48. The lowest BCUT2D eigenvalue weighted by Crippen LogP contribution is -2.34. The molecular weight excluding hydrogens is 668 g/mol. The minimum Gasteiger partial charge on any atom is -0.444 e. The minimum atomic E-state index is -4.74. The van der Waals surface area contributed by atoms with E-state index in [2.05, 4.69) is 29.1 Å². The molecule has 0 spiro atoms. The topological polar surface area (TPSA) is 101 Å². The zero-order valence-corrected chi connectivity index (χ0v) is 27.1. The number of hydrogen-bond acceptors (Lipinski definition) is 9. The molecule has 15 heteroatoms. The Labute approximate surface area is 282 Å². The number of imidazole rings is 1. The first kappa shape index (κ1) is 32.0. The zero-order valence-electron chi connectivity index (χ0n) is 26.3. The molecule has 0 radical (unpaired) electrons. The predicted molar refractivity (Wildman–Crippen MR) is 168 cm³/mol. The van der Waals surface area contributed by atoms with Crippen LogP contribution in [0.4, 0.5) is 17.6 Å². The van der Waals surface area contributed by atoms with Crippen molar-refractivity contribution in [2.45, 2.75) is 57.2 Å². The van der Waals surface area contributed by atoms with E-state index in [0.717, 1.165) is 43.7 Å². The largest absolute Gasteiger partial charge is 0.471 e. The van der Waals surface area contributed by atoms with Gasteiger partial charge in [-0.25, -0.2) is 14.4 Å². The molecule has 2 unspecified atom stereocenters. The predicted octanol–water partition coefficient (Wildman–Crippen LogP) is 7.35. The SMILES string of the molecule is CC1(c2ccc(Cl)cc2F)Oc2cccc(C3CCN(Cc4nc5cc(-c6noc(C(F)(F)F)n6)cnc5n4CC4CCOC4)CC3)c2O1. The Morgan fingerprint density at radius 3 is 2.61 bits per heavy atom. The fourth-order valence-corrected chi connectivity index (χ4v) is 7.13. The van der Waals surface area contributed by atoms with E-state index in [1.54, 1.807) is 25.1 Å². The Bertz CT molecular complexity index is 2020. The van der Waals surface area contributed by atoms with Crippen molar-refractivity contribution in [1.82, 2.24) is 29.6 Å². The number of hydrogen-bond donors (Lipinski definition) is 0. The minimum absolute atomic E-state index is 0.197. The van der Waals surface area contributed by atoms with E-state index in [1.165, 1.54) is 12.3 Å². The van der Waals surface area contributed by atoms with Crippen LogP contribution in [0.25, 0.3) is 22.6 Å². The highest BCUT2D eigenvalue weighted by Crippen LogP contribution is 2.50. The smallest absolute Gasteiger partial charge is 0.444 e. The van der Waals surface area contributed by atoms with Crippen molar-refractivity contribution in [3.63, 3.8) is 0 Å². The van der Waals surface area contributed by atoms with Crippen molar-refractivity contribution in [3.8, 4) is 22.9 Å². The molecule has 256 valence electrons. The summed E-state index contributed by atoms with van der Waals surface area (Å²) in [4.78, 5) is 15.3. The molecule has 2 saturated heterocycles. The lowest BCUT2D eigenvalue weighted by atomic mass is 9.88. The number of alkyl halides is 3. The first-order valence-corrected chi connectivity index (χ1v) is 16.4. The molecule has 0 aliphatic carbocycles. The number of likely N-dealkylation sites (tertiary alicyclic amines) is 1. The number of ether oxygens (including phenoxy) is 3. The number of pyridine rings is 1. The van der Waals surface area contributed by atoms with Gasteiger partial charge in [0.25, 0.3) is 5.79 Å². The Balaban J connectivity index is 1.01. The van der Waals surface area contributed by atoms with Crippen molar-refractivity contribution in [2.75, 3.05) is 26.3 Å². The van der Waals surface area contributed by atoms with Crippen LogP contribution < -0.4 is 9.47 Å². The summed E-state index contributed by atoms with van der Waals surface area (Å²) >= 11 is 5.98. The molecular formula is C34H31ClF4N6O4. The standard InChI is InChI=1S/C34H31ClF4N6O4/c1-33(24-6-5-22(35)14-25(24)36)47-27-4-2-3-23(29(27)48-33)20-7-10-44(11-8-20)17-28-41-26-13-21(30-42-32(49-43-30)34(37,38)39)15-40-31(26)45(28)16-19-9-12-46-18-19/h2-6,13-15,19-20H,7-12,16-18H2,1H3. The van der Waals surface area contributed by atoms with Gasteiger partial charge in [0, 0.05) is 48.3 Å². The van der Waals surface area contributed by atoms with Gasteiger partial charge in [-0.3, -0.25) is 4.90 Å². The van der Waals surface area contributed by atoms with E-state index in [9.17, 15) is 17.6 Å². The van der Waals surface area contributed by atoms with Gasteiger partial charge >= 0.3 is 12.1 Å². The van der Waals surface area contributed by atoms with Gasteiger partial charge in [0.1, 0.15) is 17.2 Å². The number of halogens is 5. The molecule has 3 aliphatic rings. The van der Waals surface area contributed by atoms with Crippen LogP contribution in [0.3, 0.4) is 0 Å². The number of fused-ring (bicyclic) bond motifs is 2. The van der Waals surface area contributed by atoms with Crippen LogP contribution in [0.5, 0.6) is 11.5 Å². The van der Waals surface area contributed by atoms with Gasteiger partial charge in [-0.05, 0) is 68.6 Å². The molecule has 3 aromatic heterocycles. The van der Waals surface area contributed by atoms with Crippen molar-refractivity contribution >= 4 is 22.8 Å². The zero-order chi connectivity index (χ0) is 33.9. The van der Waals surface area contributed by atoms with E-state index in [-0.39, 0.29) is 22.9 Å². The van der Waals surface area contributed by atoms with Crippen LogP contribution in [0.1, 0.15) is 54.9 Å². The molecule has 10 nitrogen and oxygen atoms in total. The molecule has 0 bridgehead atoms. The van der Waals surface area contributed by atoms with Gasteiger partial charge in [-0.2, -0.15) is 18.2 Å². The molecule has 2 atom stereocenters. The third kappa shape index (κ3) is 6.10. The van der Waals surface area contributed by atoms with Gasteiger partial charge in [-0.15, -0.1) is 0 Å². The molecule has 2 aromatic carbocycles. The van der Waals surface area contributed by atoms with Crippen molar-refractivity contribution in [1.29, 1.82) is 0 Å². The van der Waals surface area contributed by atoms with E-state index >= 15 is 0 Å². The van der Waals surface area contributed by atoms with E-state index in [1.807, 2.05) is 18.2 Å². The number of piperidine rings is 1. The fraction of sp³-hybridized carbons (Fsp3) is 0.412. The van der Waals surface area contributed by atoms with Crippen LogP contribution in [0.15, 0.2) is 53.2 Å². The molecule has 3 aliphatic heterocycles. The maximum Gasteiger partial charge on any atom is 0.471 e. The molecule has 0 amide bonds. The van der Waals surface area contributed by atoms with Crippen molar-refractivity contribution in [3.05, 3.63) is 82.3 Å². The second kappa shape index (κ2) is 12.3. The molecule has 6 heterocycles. The maximum atomic E-state index is 14.9. The van der Waals surface area contributed by atoms with Gasteiger partial charge in [0.05, 0.1) is 18.7 Å². The summed E-state index contributed by atoms with van der Waals surface area (Å²) in [6, 6.07) is 11.9. The normalized spacial score (nSPS) is 21.6. The number of rotatable bonds is 7. The number of nitrogens with zero attached hydrogens (tertiary/aromatic N) is 6. The van der Waals surface area contributed by atoms with E-state index in [0.29, 0.717) is 59.9 Å². The lowest BCUT2D eigenvalue weighted by molar-refractivity contribution is -0.159. The molecule has 0 N–H and O–H groups in total. The highest BCUT2D eigenvalue weighted by molar-refractivity contribution is 6.30. The van der Waals surface area contributed by atoms with Crippen LogP contribution >= 0.6 is 11.6 Å². The van der Waals surface area contributed by atoms with Crippen LogP contribution in [0.2, 0.25) is 5.02 Å². The second-order valence-electron chi connectivity index (χ2n) is 12.9. The van der Waals surface area contributed by atoms with E-state index < -0.39 is 23.7 Å². The molecule has 49 heavy (non-hydrogen) atoms. The van der Waals surface area contributed by atoms with Crippen molar-refractivity contribution < 1.29 is 36.3 Å². The summed E-state index contributed by atoms with van der Waals surface area (Å²) in [5, 5.41) is 3.80. The molecule has 5 aromatic rings. The highest BCUT2D eigenvalue weighted by Gasteiger charge is 2.43. The van der Waals surface area contributed by atoms with Gasteiger partial charge in [0.2, 0.25) is 5.82 Å². The Kier molecular flexibility index (Phi) is 7.99. The maximum absolute atomic E-state index is 14.9. The second-order valence-corrected chi connectivity index (χ2v) is 13.3. The van der Waals surface area contributed by atoms with Crippen LogP contribution in [-0.4, -0.2) is 55.9 Å². The molecule has 8 rings (SSSR count). The Morgan fingerprint density at radius 2 is 1.88 bits per heavy atom. The average Bonchev–Trinajstić information content (AvgIpc) is 3.88. The summed E-state index contributed by atoms with van der Waals surface area (Å²) in [6.07, 6.45) is -0.674. The summed E-state index contributed by atoms with van der Waals surface area (Å²) in [5.74, 6) is -0.935. The van der Waals surface area contributed by atoms with Gasteiger partial charge in [-0.1, -0.05) is 28.9 Å². The third-order valence-corrected chi connectivity index (χ3v) is 9.71. The number of para-hydroxylation sites is 1. The fourth-order valence-electron chi connectivity index (χ4n) is 6.97. The first-order chi connectivity index (χ1) is 23.5. The first-order valence-electron chi connectivity index (χ1n) is 16.1. The summed E-state index contributed by atoms with van der Waals surface area (Å²) in [6.45, 7) is 5.84. The van der Waals surface area contributed by atoms with Crippen LogP contribution in [0, 0.1) is 11.7 Å². The Morgan fingerprint density at radius 1 is 1.04 bits per heavy atom. The average molecular weight is 699 g/mol. The lowest BCUT2D eigenvalue weighted by Gasteiger charge is -2.32. The highest BCUT2D eigenvalue weighted by atomic mass is 35.5.